The fourth-order valence-corrected chi connectivity index (χ4v) is 1.17. The minimum absolute atomic E-state index is 0.0846. The molecule has 1 aromatic rings. The quantitative estimate of drug-likeness (QED) is 0.609. The maximum Gasteiger partial charge on any atom is 0.0374 e. The Kier molecular flexibility index (Phi) is 22.4. The minimum Gasteiger partial charge on any atom is -0.311 e. The fraction of sp³-hybridized carbons (Fsp3) is 0.600. The van der Waals surface area contributed by atoms with Crippen LogP contribution in [0.5, 0.6) is 0 Å². The lowest BCUT2D eigenvalue weighted by molar-refractivity contribution is 0.445. The van der Waals surface area contributed by atoms with E-state index in [0.29, 0.717) is 0 Å². The molecule has 124 valence electrons. The standard InChI is InChI=1S/C10H15N.C4H6.3C2H6/c1-10(2,11-3)9-7-5-4-6-8-9;1-2-4-3-1;3*1-2/h4-8,11H,1-3H3;1-2H,3-4H2;3*1-2H3. The van der Waals surface area contributed by atoms with Crippen LogP contribution < -0.4 is 5.32 Å². The summed E-state index contributed by atoms with van der Waals surface area (Å²) in [5.41, 5.74) is 1.41. The van der Waals surface area contributed by atoms with E-state index in [9.17, 15) is 0 Å². The van der Waals surface area contributed by atoms with Gasteiger partial charge in [0.15, 0.2) is 0 Å². The van der Waals surface area contributed by atoms with Crippen molar-refractivity contribution in [2.75, 3.05) is 7.05 Å². The summed E-state index contributed by atoms with van der Waals surface area (Å²) >= 11 is 0. The normalized spacial score (nSPS) is 10.7. The van der Waals surface area contributed by atoms with Crippen LogP contribution >= 0.6 is 0 Å². The van der Waals surface area contributed by atoms with Crippen molar-refractivity contribution in [3.63, 3.8) is 0 Å². The zero-order valence-corrected chi connectivity index (χ0v) is 16.0. The Balaban J connectivity index is -0.000000269. The van der Waals surface area contributed by atoms with E-state index in [4.69, 9.17) is 0 Å². The lowest BCUT2D eigenvalue weighted by atomic mass is 9.95. The third-order valence-electron chi connectivity index (χ3n) is 2.79. The number of rotatable bonds is 2. The molecule has 0 fully saturated rings. The van der Waals surface area contributed by atoms with Gasteiger partial charge in [0.1, 0.15) is 0 Å². The predicted octanol–water partition coefficient (Wildman–Crippen LogP) is 6.56. The van der Waals surface area contributed by atoms with Crippen LogP contribution in [-0.4, -0.2) is 7.05 Å². The molecule has 1 nitrogen and oxygen atoms in total. The summed E-state index contributed by atoms with van der Waals surface area (Å²) in [5, 5.41) is 3.26. The summed E-state index contributed by atoms with van der Waals surface area (Å²) in [6.07, 6.45) is 7.00. The molecule has 1 N–H and O–H groups in total. The first-order valence-corrected chi connectivity index (χ1v) is 8.56. The highest BCUT2D eigenvalue weighted by molar-refractivity contribution is 5.22. The van der Waals surface area contributed by atoms with E-state index in [0.717, 1.165) is 0 Å². The molecule has 1 aliphatic rings. The second-order valence-corrected chi connectivity index (χ2v) is 4.29. The Morgan fingerprint density at radius 2 is 1.10 bits per heavy atom. The molecular formula is C20H39N. The summed E-state index contributed by atoms with van der Waals surface area (Å²) in [7, 11) is 1.98. The molecule has 2 rings (SSSR count). The average molecular weight is 294 g/mol. The Hall–Kier alpha value is -1.08. The monoisotopic (exact) mass is 293 g/mol. The van der Waals surface area contributed by atoms with Gasteiger partial charge in [-0.3, -0.25) is 0 Å². The zero-order chi connectivity index (χ0) is 17.1. The smallest absolute Gasteiger partial charge is 0.0374 e. The van der Waals surface area contributed by atoms with Gasteiger partial charge in [0.2, 0.25) is 0 Å². The van der Waals surface area contributed by atoms with Crippen LogP contribution in [0, 0.1) is 0 Å². The first-order valence-electron chi connectivity index (χ1n) is 8.56. The summed E-state index contributed by atoms with van der Waals surface area (Å²) < 4.78 is 0. The van der Waals surface area contributed by atoms with Crippen molar-refractivity contribution in [1.82, 2.24) is 5.32 Å². The molecule has 0 radical (unpaired) electrons. The molecular weight excluding hydrogens is 254 g/mol. The Morgan fingerprint density at radius 1 is 0.762 bits per heavy atom. The van der Waals surface area contributed by atoms with Crippen molar-refractivity contribution in [1.29, 1.82) is 0 Å². The van der Waals surface area contributed by atoms with E-state index in [1.807, 2.05) is 54.7 Å². The largest absolute Gasteiger partial charge is 0.311 e. The van der Waals surface area contributed by atoms with Crippen LogP contribution in [0.1, 0.15) is 73.8 Å². The third kappa shape index (κ3) is 13.7. The van der Waals surface area contributed by atoms with Crippen LogP contribution in [0.3, 0.4) is 0 Å². The molecule has 1 heteroatoms. The summed E-state index contributed by atoms with van der Waals surface area (Å²) in [5.74, 6) is 0. The molecule has 0 atom stereocenters. The number of benzene rings is 1. The summed E-state index contributed by atoms with van der Waals surface area (Å²) in [6, 6.07) is 10.4. The van der Waals surface area contributed by atoms with E-state index in [2.05, 4.69) is 55.6 Å². The molecule has 0 amide bonds. The van der Waals surface area contributed by atoms with E-state index in [1.165, 1.54) is 18.4 Å². The van der Waals surface area contributed by atoms with Gasteiger partial charge < -0.3 is 5.32 Å². The predicted molar refractivity (Wildman–Crippen MR) is 101 cm³/mol. The van der Waals surface area contributed by atoms with Gasteiger partial charge in [0, 0.05) is 5.54 Å². The van der Waals surface area contributed by atoms with E-state index >= 15 is 0 Å². The van der Waals surface area contributed by atoms with Gasteiger partial charge in [0.25, 0.3) is 0 Å². The topological polar surface area (TPSA) is 12.0 Å². The summed E-state index contributed by atoms with van der Waals surface area (Å²) in [6.45, 7) is 16.3. The molecule has 0 saturated carbocycles. The van der Waals surface area contributed by atoms with Crippen molar-refractivity contribution in [3.8, 4) is 0 Å². The van der Waals surface area contributed by atoms with Crippen LogP contribution in [0.2, 0.25) is 0 Å². The van der Waals surface area contributed by atoms with Gasteiger partial charge in [0.05, 0.1) is 0 Å². The Morgan fingerprint density at radius 3 is 1.33 bits per heavy atom. The first-order chi connectivity index (χ1) is 10.2. The Labute approximate surface area is 134 Å². The van der Waals surface area contributed by atoms with Crippen LogP contribution in [0.4, 0.5) is 0 Å². The van der Waals surface area contributed by atoms with Crippen molar-refractivity contribution >= 4 is 0 Å². The highest BCUT2D eigenvalue weighted by atomic mass is 14.9. The fourth-order valence-electron chi connectivity index (χ4n) is 1.17. The Bertz CT molecular complexity index is 293. The van der Waals surface area contributed by atoms with Gasteiger partial charge in [-0.05, 0) is 39.3 Å². The zero-order valence-electron chi connectivity index (χ0n) is 16.0. The van der Waals surface area contributed by atoms with Gasteiger partial charge in [-0.15, -0.1) is 0 Å². The molecule has 0 bridgehead atoms. The maximum absolute atomic E-state index is 3.26. The molecule has 0 heterocycles. The second-order valence-electron chi connectivity index (χ2n) is 4.29. The number of hydrogen-bond donors (Lipinski definition) is 1. The van der Waals surface area contributed by atoms with E-state index in [-0.39, 0.29) is 5.54 Å². The SMILES string of the molecule is C1=CCC1.CC.CC.CC.CNC(C)(C)c1ccccc1. The number of allylic oxidation sites excluding steroid dienone is 2. The van der Waals surface area contributed by atoms with Crippen molar-refractivity contribution in [2.24, 2.45) is 0 Å². The van der Waals surface area contributed by atoms with E-state index in [1.54, 1.807) is 0 Å². The summed E-state index contributed by atoms with van der Waals surface area (Å²) in [4.78, 5) is 0. The molecule has 0 aliphatic heterocycles. The first kappa shape index (κ1) is 24.9. The van der Waals surface area contributed by atoms with Crippen molar-refractivity contribution in [3.05, 3.63) is 48.0 Å². The number of nitrogens with one attached hydrogen (secondary N) is 1. The minimum atomic E-state index is 0.0846. The molecule has 1 aromatic carbocycles. The van der Waals surface area contributed by atoms with Gasteiger partial charge in [-0.1, -0.05) is 84.0 Å². The maximum atomic E-state index is 3.26. The van der Waals surface area contributed by atoms with Crippen molar-refractivity contribution in [2.45, 2.75) is 73.8 Å². The second kappa shape index (κ2) is 18.9. The number of hydrogen-bond acceptors (Lipinski definition) is 1. The molecule has 1 aliphatic carbocycles. The average Bonchev–Trinajstić information content (AvgIpc) is 2.52. The molecule has 0 unspecified atom stereocenters. The van der Waals surface area contributed by atoms with Gasteiger partial charge in [-0.25, -0.2) is 0 Å². The van der Waals surface area contributed by atoms with Crippen molar-refractivity contribution < 1.29 is 0 Å². The highest BCUT2D eigenvalue weighted by Crippen LogP contribution is 2.17. The molecule has 0 spiro atoms. The third-order valence-corrected chi connectivity index (χ3v) is 2.79. The lowest BCUT2D eigenvalue weighted by Gasteiger charge is -2.24. The molecule has 21 heavy (non-hydrogen) atoms. The van der Waals surface area contributed by atoms with Crippen LogP contribution in [-0.2, 0) is 5.54 Å². The molecule has 0 saturated heterocycles. The van der Waals surface area contributed by atoms with Gasteiger partial charge in [-0.2, -0.15) is 0 Å². The lowest BCUT2D eigenvalue weighted by Crippen LogP contribution is -2.32. The molecule has 0 aromatic heterocycles. The van der Waals surface area contributed by atoms with Crippen LogP contribution in [0.15, 0.2) is 42.5 Å². The van der Waals surface area contributed by atoms with E-state index < -0.39 is 0 Å². The van der Waals surface area contributed by atoms with Gasteiger partial charge >= 0.3 is 0 Å². The van der Waals surface area contributed by atoms with Crippen LogP contribution in [0.25, 0.3) is 0 Å². The highest BCUT2D eigenvalue weighted by Gasteiger charge is 2.15.